The molecule has 1 unspecified atom stereocenters. The largest absolute Gasteiger partial charge is 0.394 e. The summed E-state index contributed by atoms with van der Waals surface area (Å²) in [5, 5.41) is 9.43. The Morgan fingerprint density at radius 1 is 1.48 bits per heavy atom. The first-order chi connectivity index (χ1) is 10.1. The zero-order valence-corrected chi connectivity index (χ0v) is 12.2. The third-order valence-electron chi connectivity index (χ3n) is 3.67. The number of nitrogen functional groups attached to an aromatic ring is 1. The number of H-pyrrole nitrogens is 1. The summed E-state index contributed by atoms with van der Waals surface area (Å²) in [6, 6.07) is -0.334. The number of aliphatic hydroxyl groups is 1. The lowest BCUT2D eigenvalue weighted by atomic mass is 10.2. The maximum atomic E-state index is 12.1. The normalized spacial score (nSPS) is 19.0. The zero-order chi connectivity index (χ0) is 15.4. The number of ether oxygens (including phenoxy) is 1. The first-order valence-corrected chi connectivity index (χ1v) is 7.18. The van der Waals surface area contributed by atoms with E-state index >= 15 is 0 Å². The zero-order valence-electron chi connectivity index (χ0n) is 12.2. The fourth-order valence-electron chi connectivity index (χ4n) is 2.49. The van der Waals surface area contributed by atoms with Crippen LogP contribution >= 0.6 is 0 Å². The van der Waals surface area contributed by atoms with E-state index in [2.05, 4.69) is 4.98 Å². The van der Waals surface area contributed by atoms with Gasteiger partial charge in [-0.05, 0) is 6.42 Å². The summed E-state index contributed by atoms with van der Waals surface area (Å²) in [5.74, 6) is 0.151. The van der Waals surface area contributed by atoms with Gasteiger partial charge < -0.3 is 20.5 Å². The summed E-state index contributed by atoms with van der Waals surface area (Å²) in [5.41, 5.74) is 5.28. The summed E-state index contributed by atoms with van der Waals surface area (Å²) in [4.78, 5) is 28.1. The molecule has 8 nitrogen and oxygen atoms in total. The molecule has 0 aromatic carbocycles. The number of hydrogen-bond donors (Lipinski definition) is 3. The van der Waals surface area contributed by atoms with Gasteiger partial charge in [0.2, 0.25) is 0 Å². The van der Waals surface area contributed by atoms with Gasteiger partial charge in [0.05, 0.1) is 25.9 Å². The number of aromatic nitrogens is 2. The predicted octanol–water partition coefficient (Wildman–Crippen LogP) is -0.884. The molecule has 2 heterocycles. The Kier molecular flexibility index (Phi) is 5.03. The minimum Gasteiger partial charge on any atom is -0.394 e. The van der Waals surface area contributed by atoms with Crippen LogP contribution in [0.4, 0.5) is 11.5 Å². The van der Waals surface area contributed by atoms with Crippen LogP contribution in [0.1, 0.15) is 19.8 Å². The molecule has 0 radical (unpaired) electrons. The van der Waals surface area contributed by atoms with Crippen LogP contribution in [0.2, 0.25) is 0 Å². The minimum atomic E-state index is -0.523. The van der Waals surface area contributed by atoms with Crippen molar-refractivity contribution in [3.63, 3.8) is 0 Å². The Hall–Kier alpha value is -1.80. The molecule has 0 saturated carbocycles. The Morgan fingerprint density at radius 3 is 2.90 bits per heavy atom. The molecule has 0 aliphatic carbocycles. The molecular formula is C13H22N4O4. The summed E-state index contributed by atoms with van der Waals surface area (Å²) in [7, 11) is 0. The number of morpholine rings is 1. The molecule has 1 fully saturated rings. The molecule has 1 atom stereocenters. The van der Waals surface area contributed by atoms with Crippen LogP contribution in [0.5, 0.6) is 0 Å². The van der Waals surface area contributed by atoms with E-state index in [1.807, 2.05) is 6.92 Å². The number of nitrogens with zero attached hydrogens (tertiary/aromatic N) is 2. The van der Waals surface area contributed by atoms with Gasteiger partial charge in [-0.2, -0.15) is 0 Å². The van der Waals surface area contributed by atoms with Crippen molar-refractivity contribution in [1.29, 1.82) is 0 Å². The van der Waals surface area contributed by atoms with Crippen LogP contribution in [0.15, 0.2) is 9.59 Å². The topological polar surface area (TPSA) is 114 Å². The molecule has 118 valence electrons. The van der Waals surface area contributed by atoms with Gasteiger partial charge in [0.1, 0.15) is 11.5 Å². The van der Waals surface area contributed by atoms with E-state index in [1.165, 1.54) is 4.57 Å². The number of nitrogens with one attached hydrogen (secondary N) is 1. The van der Waals surface area contributed by atoms with Crippen LogP contribution in [0.25, 0.3) is 0 Å². The molecule has 0 bridgehead atoms. The Balaban J connectivity index is 2.47. The first kappa shape index (κ1) is 15.6. The van der Waals surface area contributed by atoms with Crippen molar-refractivity contribution in [2.75, 3.05) is 37.0 Å². The number of aliphatic hydroxyl groups excluding tert-OH is 1. The van der Waals surface area contributed by atoms with E-state index in [0.717, 1.165) is 12.8 Å². The number of aromatic amines is 1. The first-order valence-electron chi connectivity index (χ1n) is 7.18. The maximum absolute atomic E-state index is 12.1. The lowest BCUT2D eigenvalue weighted by Gasteiger charge is -2.36. The van der Waals surface area contributed by atoms with Crippen LogP contribution in [0, 0.1) is 0 Å². The molecule has 0 amide bonds. The van der Waals surface area contributed by atoms with E-state index in [9.17, 15) is 14.7 Å². The molecule has 1 saturated heterocycles. The van der Waals surface area contributed by atoms with E-state index < -0.39 is 11.2 Å². The van der Waals surface area contributed by atoms with Gasteiger partial charge in [0.25, 0.3) is 5.56 Å². The van der Waals surface area contributed by atoms with E-state index in [4.69, 9.17) is 10.5 Å². The third kappa shape index (κ3) is 3.11. The van der Waals surface area contributed by atoms with Gasteiger partial charge in [-0.25, -0.2) is 4.79 Å². The fourth-order valence-corrected chi connectivity index (χ4v) is 2.49. The Labute approximate surface area is 122 Å². The number of nitrogens with two attached hydrogens (primary N) is 1. The highest BCUT2D eigenvalue weighted by Gasteiger charge is 2.27. The smallest absolute Gasteiger partial charge is 0.330 e. The standard InChI is InChI=1S/C13H22N4O4/c1-2-3-4-17-11(14)10(12(19)15-13(17)20)16-5-6-21-8-9(16)7-18/h9,18H,2-8,14H2,1H3,(H,15,19,20). The van der Waals surface area contributed by atoms with Crippen molar-refractivity contribution in [3.8, 4) is 0 Å². The van der Waals surface area contributed by atoms with Gasteiger partial charge in [-0.15, -0.1) is 0 Å². The van der Waals surface area contributed by atoms with Gasteiger partial charge in [0, 0.05) is 13.1 Å². The van der Waals surface area contributed by atoms with Crippen molar-refractivity contribution in [3.05, 3.63) is 20.8 Å². The average Bonchev–Trinajstić information content (AvgIpc) is 2.47. The highest BCUT2D eigenvalue weighted by molar-refractivity contribution is 5.63. The molecule has 1 aromatic rings. The predicted molar refractivity (Wildman–Crippen MR) is 79.7 cm³/mol. The Morgan fingerprint density at radius 2 is 2.24 bits per heavy atom. The monoisotopic (exact) mass is 298 g/mol. The molecule has 1 aliphatic heterocycles. The van der Waals surface area contributed by atoms with Crippen molar-refractivity contribution in [2.45, 2.75) is 32.4 Å². The molecule has 21 heavy (non-hydrogen) atoms. The minimum absolute atomic E-state index is 0.146. The Bertz CT molecular complexity index is 595. The maximum Gasteiger partial charge on any atom is 0.330 e. The van der Waals surface area contributed by atoms with Crippen molar-refractivity contribution in [1.82, 2.24) is 9.55 Å². The third-order valence-corrected chi connectivity index (χ3v) is 3.67. The molecule has 8 heteroatoms. The number of anilines is 2. The lowest BCUT2D eigenvalue weighted by Crippen LogP contribution is -2.51. The quantitative estimate of drug-likeness (QED) is 0.650. The highest BCUT2D eigenvalue weighted by atomic mass is 16.5. The van der Waals surface area contributed by atoms with Crippen LogP contribution in [-0.2, 0) is 11.3 Å². The summed E-state index contributed by atoms with van der Waals surface area (Å²) in [6.07, 6.45) is 1.71. The molecule has 4 N–H and O–H groups in total. The second kappa shape index (κ2) is 6.77. The summed E-state index contributed by atoms with van der Waals surface area (Å²) >= 11 is 0. The summed E-state index contributed by atoms with van der Waals surface area (Å²) < 4.78 is 6.68. The molecule has 1 aromatic heterocycles. The van der Waals surface area contributed by atoms with Crippen molar-refractivity contribution < 1.29 is 9.84 Å². The lowest BCUT2D eigenvalue weighted by molar-refractivity contribution is 0.0726. The number of rotatable bonds is 5. The molecular weight excluding hydrogens is 276 g/mol. The van der Waals surface area contributed by atoms with Crippen LogP contribution in [0.3, 0.4) is 0 Å². The SMILES string of the molecule is CCCCn1c(N)c(N2CCOCC2CO)c(=O)[nH]c1=O. The molecule has 2 rings (SSSR count). The summed E-state index contributed by atoms with van der Waals surface area (Å²) in [6.45, 7) is 3.54. The van der Waals surface area contributed by atoms with E-state index in [0.29, 0.717) is 26.3 Å². The second-order valence-electron chi connectivity index (χ2n) is 5.10. The highest BCUT2D eigenvalue weighted by Crippen LogP contribution is 2.21. The fraction of sp³-hybridized carbons (Fsp3) is 0.692. The number of hydrogen-bond acceptors (Lipinski definition) is 6. The second-order valence-corrected chi connectivity index (χ2v) is 5.10. The van der Waals surface area contributed by atoms with Gasteiger partial charge in [-0.1, -0.05) is 13.3 Å². The van der Waals surface area contributed by atoms with Gasteiger partial charge >= 0.3 is 5.69 Å². The van der Waals surface area contributed by atoms with E-state index in [1.54, 1.807) is 4.90 Å². The van der Waals surface area contributed by atoms with Crippen molar-refractivity contribution in [2.24, 2.45) is 0 Å². The average molecular weight is 298 g/mol. The van der Waals surface area contributed by atoms with Crippen LogP contribution in [-0.4, -0.2) is 47.1 Å². The van der Waals surface area contributed by atoms with Crippen molar-refractivity contribution >= 4 is 11.5 Å². The number of unbranched alkanes of at least 4 members (excludes halogenated alkanes) is 1. The van der Waals surface area contributed by atoms with Gasteiger partial charge in [-0.3, -0.25) is 14.3 Å². The van der Waals surface area contributed by atoms with Crippen LogP contribution < -0.4 is 21.9 Å². The molecule has 1 aliphatic rings. The molecule has 0 spiro atoms. The van der Waals surface area contributed by atoms with E-state index in [-0.39, 0.29) is 24.2 Å². The van der Waals surface area contributed by atoms with Gasteiger partial charge in [0.15, 0.2) is 0 Å².